The number of aromatic nitrogens is 2. The number of fused-ring (bicyclic) bond motifs is 1. The first-order chi connectivity index (χ1) is 14.1. The van der Waals surface area contributed by atoms with Crippen LogP contribution >= 0.6 is 0 Å². The fourth-order valence-electron chi connectivity index (χ4n) is 3.06. The Balaban J connectivity index is 1.79. The van der Waals surface area contributed by atoms with E-state index < -0.39 is 28.4 Å². The first-order valence-electron chi connectivity index (χ1n) is 9.18. The Morgan fingerprint density at radius 3 is 2.53 bits per heavy atom. The molecular formula is C20H22F2N4O3S. The Morgan fingerprint density at radius 2 is 1.87 bits per heavy atom. The third kappa shape index (κ3) is 4.19. The first-order valence-corrected chi connectivity index (χ1v) is 10.6. The molecule has 1 heterocycles. The van der Waals surface area contributed by atoms with Gasteiger partial charge in [0.1, 0.15) is 5.82 Å². The number of nitrogens with one attached hydrogen (secondary N) is 1. The van der Waals surface area contributed by atoms with Crippen LogP contribution in [0.25, 0.3) is 11.0 Å². The monoisotopic (exact) mass is 436 g/mol. The van der Waals surface area contributed by atoms with Gasteiger partial charge < -0.3 is 5.32 Å². The molecule has 0 aliphatic rings. The molecule has 3 rings (SSSR count). The van der Waals surface area contributed by atoms with E-state index in [0.717, 1.165) is 8.87 Å². The molecule has 7 nitrogen and oxygen atoms in total. The molecule has 0 unspecified atom stereocenters. The highest BCUT2D eigenvalue weighted by Crippen LogP contribution is 2.27. The maximum atomic E-state index is 13.6. The standard InChI is InChI=1S/C20H22F2N4O3S/c1-13(18-24-16-9-4-5-10-17(16)26(18)20(21)22)12-23-19(27)14-7-6-8-15(11-14)30(28,29)25(2)3/h4-11,13,20H,12H2,1-3H3,(H,23,27)/t13-/m0/s1. The van der Waals surface area contributed by atoms with E-state index >= 15 is 0 Å². The molecule has 3 aromatic rings. The van der Waals surface area contributed by atoms with Gasteiger partial charge in [-0.1, -0.05) is 25.1 Å². The minimum absolute atomic E-state index is 0.00677. The van der Waals surface area contributed by atoms with Crippen LogP contribution in [0.2, 0.25) is 0 Å². The second kappa shape index (κ2) is 8.49. The Labute approximate surface area is 173 Å². The van der Waals surface area contributed by atoms with E-state index in [0.29, 0.717) is 11.0 Å². The Morgan fingerprint density at radius 1 is 1.17 bits per heavy atom. The van der Waals surface area contributed by atoms with E-state index in [2.05, 4.69) is 10.3 Å². The van der Waals surface area contributed by atoms with Crippen LogP contribution in [0.4, 0.5) is 8.78 Å². The molecule has 0 aliphatic carbocycles. The van der Waals surface area contributed by atoms with Crippen molar-refractivity contribution >= 4 is 27.0 Å². The molecule has 0 bridgehead atoms. The number of benzene rings is 2. The predicted octanol–water partition coefficient (Wildman–Crippen LogP) is 3.22. The lowest BCUT2D eigenvalue weighted by atomic mass is 10.1. The van der Waals surface area contributed by atoms with Crippen LogP contribution in [0.3, 0.4) is 0 Å². The van der Waals surface area contributed by atoms with Gasteiger partial charge in [0.05, 0.1) is 15.9 Å². The summed E-state index contributed by atoms with van der Waals surface area (Å²) in [6.07, 6.45) is 0. The summed E-state index contributed by atoms with van der Waals surface area (Å²) in [6, 6.07) is 12.3. The Kier molecular flexibility index (Phi) is 6.18. The Bertz CT molecular complexity index is 1180. The van der Waals surface area contributed by atoms with Crippen LogP contribution in [0.15, 0.2) is 53.4 Å². The average Bonchev–Trinajstić information content (AvgIpc) is 3.11. The topological polar surface area (TPSA) is 84.3 Å². The number of hydrogen-bond acceptors (Lipinski definition) is 4. The summed E-state index contributed by atoms with van der Waals surface area (Å²) in [6.45, 7) is -1.02. The number of sulfonamides is 1. The van der Waals surface area contributed by atoms with Crippen molar-refractivity contribution in [3.63, 3.8) is 0 Å². The zero-order valence-corrected chi connectivity index (χ0v) is 17.5. The second-order valence-corrected chi connectivity index (χ2v) is 9.18. The van der Waals surface area contributed by atoms with Crippen molar-refractivity contribution in [1.29, 1.82) is 0 Å². The summed E-state index contributed by atoms with van der Waals surface area (Å²) in [5, 5.41) is 2.67. The lowest BCUT2D eigenvalue weighted by Crippen LogP contribution is -2.29. The fraction of sp³-hybridized carbons (Fsp3) is 0.300. The number of nitrogens with zero attached hydrogens (tertiary/aromatic N) is 3. The van der Waals surface area contributed by atoms with E-state index in [-0.39, 0.29) is 22.8 Å². The van der Waals surface area contributed by atoms with Gasteiger partial charge in [-0.05, 0) is 30.3 Å². The van der Waals surface area contributed by atoms with E-state index in [1.165, 1.54) is 38.4 Å². The highest BCUT2D eigenvalue weighted by Gasteiger charge is 2.23. The number of alkyl halides is 2. The van der Waals surface area contributed by atoms with Crippen molar-refractivity contribution < 1.29 is 22.0 Å². The van der Waals surface area contributed by atoms with Gasteiger partial charge in [0, 0.05) is 32.1 Å². The zero-order valence-electron chi connectivity index (χ0n) is 16.7. The molecule has 0 spiro atoms. The molecular weight excluding hydrogens is 414 g/mol. The third-order valence-electron chi connectivity index (χ3n) is 4.70. The van der Waals surface area contributed by atoms with Crippen LogP contribution in [-0.4, -0.2) is 48.8 Å². The SMILES string of the molecule is C[C@@H](CNC(=O)c1cccc(S(=O)(=O)N(C)C)c1)c1nc2ccccc2n1C(F)F. The van der Waals surface area contributed by atoms with Crippen LogP contribution in [0.5, 0.6) is 0 Å². The first kappa shape index (κ1) is 21.8. The largest absolute Gasteiger partial charge is 0.351 e. The van der Waals surface area contributed by atoms with Crippen molar-refractivity contribution in [2.24, 2.45) is 0 Å². The summed E-state index contributed by atoms with van der Waals surface area (Å²) in [5.74, 6) is -0.836. The second-order valence-electron chi connectivity index (χ2n) is 7.03. The van der Waals surface area contributed by atoms with E-state index in [1.54, 1.807) is 31.2 Å². The Hall–Kier alpha value is -2.85. The average molecular weight is 436 g/mol. The van der Waals surface area contributed by atoms with Gasteiger partial charge in [0.25, 0.3) is 5.91 Å². The zero-order chi connectivity index (χ0) is 22.1. The minimum atomic E-state index is -3.68. The van der Waals surface area contributed by atoms with Gasteiger partial charge in [-0.2, -0.15) is 8.78 Å². The molecule has 160 valence electrons. The van der Waals surface area contributed by atoms with Crippen molar-refractivity contribution in [3.05, 3.63) is 59.9 Å². The maximum absolute atomic E-state index is 13.6. The lowest BCUT2D eigenvalue weighted by molar-refractivity contribution is 0.0704. The van der Waals surface area contributed by atoms with Crippen molar-refractivity contribution in [1.82, 2.24) is 19.2 Å². The van der Waals surface area contributed by atoms with Crippen molar-refractivity contribution in [2.75, 3.05) is 20.6 Å². The summed E-state index contributed by atoms with van der Waals surface area (Å²) < 4.78 is 53.6. The molecule has 0 radical (unpaired) electrons. The summed E-state index contributed by atoms with van der Waals surface area (Å²) in [7, 11) is -0.877. The van der Waals surface area contributed by atoms with E-state index in [9.17, 15) is 22.0 Å². The van der Waals surface area contributed by atoms with E-state index in [1.807, 2.05) is 0 Å². The summed E-state index contributed by atoms with van der Waals surface area (Å²) in [4.78, 5) is 16.8. The van der Waals surface area contributed by atoms with Gasteiger partial charge in [-0.3, -0.25) is 9.36 Å². The molecule has 10 heteroatoms. The number of rotatable bonds is 7. The molecule has 30 heavy (non-hydrogen) atoms. The van der Waals surface area contributed by atoms with Crippen LogP contribution in [-0.2, 0) is 10.0 Å². The highest BCUT2D eigenvalue weighted by molar-refractivity contribution is 7.89. The molecule has 0 saturated heterocycles. The summed E-state index contributed by atoms with van der Waals surface area (Å²) in [5.41, 5.74) is 0.933. The molecule has 1 atom stereocenters. The van der Waals surface area contributed by atoms with Crippen molar-refractivity contribution in [2.45, 2.75) is 24.3 Å². The number of halogens is 2. The van der Waals surface area contributed by atoms with Crippen LogP contribution < -0.4 is 5.32 Å². The molecule has 0 saturated carbocycles. The smallest absolute Gasteiger partial charge is 0.320 e. The summed E-state index contributed by atoms with van der Waals surface area (Å²) >= 11 is 0. The van der Waals surface area contributed by atoms with Gasteiger partial charge in [0.15, 0.2) is 0 Å². The number of carbonyl (C=O) groups is 1. The predicted molar refractivity (Wildman–Crippen MR) is 109 cm³/mol. The molecule has 0 fully saturated rings. The number of imidazole rings is 1. The highest BCUT2D eigenvalue weighted by atomic mass is 32.2. The normalized spacial score (nSPS) is 13.2. The third-order valence-corrected chi connectivity index (χ3v) is 6.51. The molecule has 1 N–H and O–H groups in total. The minimum Gasteiger partial charge on any atom is -0.351 e. The molecule has 0 aliphatic heterocycles. The van der Waals surface area contributed by atoms with Gasteiger partial charge in [-0.15, -0.1) is 0 Å². The van der Waals surface area contributed by atoms with Gasteiger partial charge in [0.2, 0.25) is 10.0 Å². The number of amides is 1. The van der Waals surface area contributed by atoms with Crippen molar-refractivity contribution in [3.8, 4) is 0 Å². The number of hydrogen-bond donors (Lipinski definition) is 1. The lowest BCUT2D eigenvalue weighted by Gasteiger charge is -2.15. The van der Waals surface area contributed by atoms with Gasteiger partial charge >= 0.3 is 6.55 Å². The van der Waals surface area contributed by atoms with Crippen LogP contribution in [0.1, 0.15) is 35.6 Å². The van der Waals surface area contributed by atoms with Crippen LogP contribution in [0, 0.1) is 0 Å². The number of para-hydroxylation sites is 2. The molecule has 2 aromatic carbocycles. The van der Waals surface area contributed by atoms with E-state index in [4.69, 9.17) is 0 Å². The fourth-order valence-corrected chi connectivity index (χ4v) is 4.01. The van der Waals surface area contributed by atoms with Gasteiger partial charge in [-0.25, -0.2) is 17.7 Å². The quantitative estimate of drug-likeness (QED) is 0.616. The maximum Gasteiger partial charge on any atom is 0.320 e. The molecule has 1 aromatic heterocycles. The number of carbonyl (C=O) groups excluding carboxylic acids is 1. The molecule has 1 amide bonds.